The van der Waals surface area contributed by atoms with E-state index < -0.39 is 15.8 Å². The maximum Gasteiger partial charge on any atom is 0.271 e. The zero-order valence-corrected chi connectivity index (χ0v) is 17.4. The van der Waals surface area contributed by atoms with Crippen molar-refractivity contribution in [2.75, 3.05) is 0 Å². The molecular weight excluding hydrogens is 440 g/mol. The molecule has 34 heavy (non-hydrogen) atoms. The molecule has 0 spiro atoms. The number of nitro benzene ring substituents is 2. The molecule has 1 heterocycles. The van der Waals surface area contributed by atoms with Crippen molar-refractivity contribution in [2.24, 2.45) is 5.10 Å². The lowest BCUT2D eigenvalue weighted by Gasteiger charge is -2.01. The van der Waals surface area contributed by atoms with E-state index in [-0.39, 0.29) is 16.9 Å². The summed E-state index contributed by atoms with van der Waals surface area (Å²) in [5, 5.41) is 30.5. The summed E-state index contributed by atoms with van der Waals surface area (Å²) in [6.45, 7) is 0. The third-order valence-electron chi connectivity index (χ3n) is 4.80. The highest BCUT2D eigenvalue weighted by Crippen LogP contribution is 2.25. The van der Waals surface area contributed by atoms with Gasteiger partial charge in [-0.2, -0.15) is 10.2 Å². The number of carbonyl (C=O) groups excluding carboxylic acids is 1. The van der Waals surface area contributed by atoms with E-state index in [1.165, 1.54) is 36.5 Å². The molecule has 1 N–H and O–H groups in total. The number of amides is 1. The third kappa shape index (κ3) is 4.83. The molecule has 3 aromatic carbocycles. The second-order valence-electron chi connectivity index (χ2n) is 7.02. The molecule has 0 atom stereocenters. The van der Waals surface area contributed by atoms with Crippen molar-refractivity contribution in [3.05, 3.63) is 116 Å². The number of carbonyl (C=O) groups is 1. The molecule has 4 aromatic rings. The summed E-state index contributed by atoms with van der Waals surface area (Å²) in [6.07, 6.45) is 3.09. The fourth-order valence-electron chi connectivity index (χ4n) is 3.15. The number of nitro groups is 2. The van der Waals surface area contributed by atoms with Gasteiger partial charge in [0, 0.05) is 47.2 Å². The van der Waals surface area contributed by atoms with Crippen LogP contribution in [-0.2, 0) is 0 Å². The Balaban J connectivity index is 1.63. The van der Waals surface area contributed by atoms with Crippen LogP contribution in [0.25, 0.3) is 16.9 Å². The Morgan fingerprint density at radius 3 is 2.29 bits per heavy atom. The van der Waals surface area contributed by atoms with Crippen molar-refractivity contribution in [3.8, 4) is 16.9 Å². The molecule has 0 unspecified atom stereocenters. The molecule has 0 fully saturated rings. The maximum absolute atomic E-state index is 12.4. The van der Waals surface area contributed by atoms with Gasteiger partial charge in [-0.3, -0.25) is 25.0 Å². The summed E-state index contributed by atoms with van der Waals surface area (Å²) in [5.74, 6) is -0.618. The summed E-state index contributed by atoms with van der Waals surface area (Å²) in [7, 11) is 0. The summed E-state index contributed by atoms with van der Waals surface area (Å²) < 4.78 is 1.63. The van der Waals surface area contributed by atoms with Gasteiger partial charge in [-0.15, -0.1) is 0 Å². The van der Waals surface area contributed by atoms with Crippen molar-refractivity contribution in [1.29, 1.82) is 0 Å². The second kappa shape index (κ2) is 9.53. The monoisotopic (exact) mass is 456 g/mol. The fourth-order valence-corrected chi connectivity index (χ4v) is 3.15. The molecule has 0 aliphatic carbocycles. The highest BCUT2D eigenvalue weighted by atomic mass is 16.6. The SMILES string of the molecule is O=C(N/N=C\c1cn(-c2ccccc2)nc1-c1ccc([N+](=O)[O-])cc1)c1cccc([N+](=O)[O-])c1. The molecule has 0 saturated heterocycles. The first-order valence-electron chi connectivity index (χ1n) is 9.90. The first-order valence-corrected chi connectivity index (χ1v) is 9.90. The normalized spacial score (nSPS) is 10.8. The highest BCUT2D eigenvalue weighted by molar-refractivity contribution is 5.96. The van der Waals surface area contributed by atoms with Crippen LogP contribution in [0.5, 0.6) is 0 Å². The summed E-state index contributed by atoms with van der Waals surface area (Å²) in [6, 6.07) is 20.5. The Hall–Kier alpha value is -5.19. The predicted octanol–water partition coefficient (Wildman–Crippen LogP) is 4.12. The standard InChI is InChI=1S/C23H16N6O5/c30-23(17-5-4-8-21(13-17)29(33)34)25-24-14-18-15-27(19-6-2-1-3-7-19)26-22(18)16-9-11-20(12-10-16)28(31)32/h1-15H,(H,25,30)/b24-14-. The molecule has 168 valence electrons. The maximum atomic E-state index is 12.4. The van der Waals surface area contributed by atoms with E-state index in [9.17, 15) is 25.0 Å². The van der Waals surface area contributed by atoms with Crippen molar-refractivity contribution in [3.63, 3.8) is 0 Å². The fraction of sp³-hybridized carbons (Fsp3) is 0. The second-order valence-corrected chi connectivity index (χ2v) is 7.02. The van der Waals surface area contributed by atoms with Crippen LogP contribution < -0.4 is 5.43 Å². The van der Waals surface area contributed by atoms with Crippen molar-refractivity contribution >= 4 is 23.5 Å². The Morgan fingerprint density at radius 1 is 0.912 bits per heavy atom. The summed E-state index contributed by atoms with van der Waals surface area (Å²) in [4.78, 5) is 33.2. The van der Waals surface area contributed by atoms with Crippen LogP contribution in [0.4, 0.5) is 11.4 Å². The lowest BCUT2D eigenvalue weighted by molar-refractivity contribution is -0.385. The van der Waals surface area contributed by atoms with Gasteiger partial charge in [-0.25, -0.2) is 10.1 Å². The Kier molecular flexibility index (Phi) is 6.17. The molecule has 0 saturated carbocycles. The van der Waals surface area contributed by atoms with E-state index >= 15 is 0 Å². The number of hydrazone groups is 1. The number of nitrogens with one attached hydrogen (secondary N) is 1. The van der Waals surface area contributed by atoms with E-state index in [0.29, 0.717) is 16.8 Å². The average molecular weight is 456 g/mol. The van der Waals surface area contributed by atoms with Crippen LogP contribution in [0.3, 0.4) is 0 Å². The molecule has 1 amide bonds. The minimum absolute atomic E-state index is 0.0503. The average Bonchev–Trinajstić information content (AvgIpc) is 3.29. The number of hydrogen-bond donors (Lipinski definition) is 1. The molecular formula is C23H16N6O5. The van der Waals surface area contributed by atoms with Crippen LogP contribution in [0.1, 0.15) is 15.9 Å². The molecule has 0 aliphatic rings. The van der Waals surface area contributed by atoms with Crippen LogP contribution in [-0.4, -0.2) is 31.7 Å². The van der Waals surface area contributed by atoms with Gasteiger partial charge in [0.05, 0.1) is 21.7 Å². The number of benzene rings is 3. The molecule has 1 aromatic heterocycles. The first kappa shape index (κ1) is 22.0. The summed E-state index contributed by atoms with van der Waals surface area (Å²) >= 11 is 0. The molecule has 4 rings (SSSR count). The largest absolute Gasteiger partial charge is 0.271 e. The quantitative estimate of drug-likeness (QED) is 0.251. The number of nitrogens with zero attached hydrogens (tertiary/aromatic N) is 5. The number of hydrogen-bond acceptors (Lipinski definition) is 7. The third-order valence-corrected chi connectivity index (χ3v) is 4.80. The van der Waals surface area contributed by atoms with Gasteiger partial charge >= 0.3 is 0 Å². The highest BCUT2D eigenvalue weighted by Gasteiger charge is 2.14. The van der Waals surface area contributed by atoms with Gasteiger partial charge in [0.15, 0.2) is 0 Å². The van der Waals surface area contributed by atoms with Gasteiger partial charge in [-0.1, -0.05) is 24.3 Å². The first-order chi connectivity index (χ1) is 16.4. The number of aromatic nitrogens is 2. The van der Waals surface area contributed by atoms with Gasteiger partial charge in [-0.05, 0) is 30.3 Å². The summed E-state index contributed by atoms with van der Waals surface area (Å²) in [5.41, 5.74) is 4.61. The van der Waals surface area contributed by atoms with E-state index in [0.717, 1.165) is 11.8 Å². The molecule has 0 radical (unpaired) electrons. The number of non-ortho nitro benzene ring substituents is 2. The van der Waals surface area contributed by atoms with E-state index in [1.807, 2.05) is 30.3 Å². The van der Waals surface area contributed by atoms with Crippen molar-refractivity contribution < 1.29 is 14.6 Å². The van der Waals surface area contributed by atoms with Crippen LogP contribution >= 0.6 is 0 Å². The van der Waals surface area contributed by atoms with Gasteiger partial charge in [0.1, 0.15) is 5.69 Å². The Morgan fingerprint density at radius 2 is 1.62 bits per heavy atom. The van der Waals surface area contributed by atoms with Gasteiger partial charge in [0.25, 0.3) is 17.3 Å². The number of para-hydroxylation sites is 1. The topological polar surface area (TPSA) is 146 Å². The van der Waals surface area contributed by atoms with Crippen LogP contribution in [0.15, 0.2) is 90.2 Å². The Bertz CT molecular complexity index is 1400. The molecule has 11 nitrogen and oxygen atoms in total. The van der Waals surface area contributed by atoms with E-state index in [2.05, 4.69) is 15.6 Å². The molecule has 11 heteroatoms. The molecule has 0 bridgehead atoms. The lowest BCUT2D eigenvalue weighted by atomic mass is 10.1. The predicted molar refractivity (Wildman–Crippen MR) is 124 cm³/mol. The minimum Gasteiger partial charge on any atom is -0.267 e. The van der Waals surface area contributed by atoms with Crippen LogP contribution in [0.2, 0.25) is 0 Å². The Labute approximate surface area is 192 Å². The van der Waals surface area contributed by atoms with Crippen molar-refractivity contribution in [1.82, 2.24) is 15.2 Å². The minimum atomic E-state index is -0.618. The van der Waals surface area contributed by atoms with Crippen molar-refractivity contribution in [2.45, 2.75) is 0 Å². The van der Waals surface area contributed by atoms with Crippen LogP contribution in [0, 0.1) is 20.2 Å². The zero-order valence-electron chi connectivity index (χ0n) is 17.4. The lowest BCUT2D eigenvalue weighted by Crippen LogP contribution is -2.17. The smallest absolute Gasteiger partial charge is 0.267 e. The van der Waals surface area contributed by atoms with Gasteiger partial charge < -0.3 is 0 Å². The van der Waals surface area contributed by atoms with Gasteiger partial charge in [0.2, 0.25) is 0 Å². The van der Waals surface area contributed by atoms with E-state index in [1.54, 1.807) is 23.0 Å². The zero-order chi connectivity index (χ0) is 24.1. The number of rotatable bonds is 7. The molecule has 0 aliphatic heterocycles. The van der Waals surface area contributed by atoms with E-state index in [4.69, 9.17) is 0 Å².